The molecule has 0 saturated carbocycles. The molecule has 0 radical (unpaired) electrons. The summed E-state index contributed by atoms with van der Waals surface area (Å²) in [6.07, 6.45) is 0. The van der Waals surface area contributed by atoms with Crippen molar-refractivity contribution in [2.75, 3.05) is 20.3 Å². The summed E-state index contributed by atoms with van der Waals surface area (Å²) in [6, 6.07) is 11.9. The first-order valence-corrected chi connectivity index (χ1v) is 12.8. The molecule has 176 valence electrons. The molecule has 0 amide bonds. The lowest BCUT2D eigenvalue weighted by Crippen LogP contribution is -2.28. The lowest BCUT2D eigenvalue weighted by molar-refractivity contribution is 0.0599. The Hall–Kier alpha value is -2.75. The van der Waals surface area contributed by atoms with E-state index in [0.29, 0.717) is 11.3 Å². The first-order valence-electron chi connectivity index (χ1n) is 10.4. The Morgan fingerprint density at radius 1 is 1.12 bits per heavy atom. The second-order valence-corrected chi connectivity index (χ2v) is 11.2. The van der Waals surface area contributed by atoms with E-state index in [1.54, 1.807) is 24.3 Å². The van der Waals surface area contributed by atoms with Gasteiger partial charge < -0.3 is 9.47 Å². The highest BCUT2D eigenvalue weighted by Crippen LogP contribution is 2.30. The van der Waals surface area contributed by atoms with Crippen molar-refractivity contribution in [3.05, 3.63) is 64.0 Å². The van der Waals surface area contributed by atoms with Crippen molar-refractivity contribution in [1.82, 2.24) is 9.71 Å². The summed E-state index contributed by atoms with van der Waals surface area (Å²) in [7, 11) is -2.54. The second kappa shape index (κ2) is 10.0. The van der Waals surface area contributed by atoms with Crippen LogP contribution in [0.3, 0.4) is 0 Å². The molecule has 9 heteroatoms. The SMILES string of the molecule is COC(=O)c1cc(S(=O)(=O)NCCOc2ccc(-c3csc(C(C)(C)C)n3)cc2)ccc1C. The van der Waals surface area contributed by atoms with Gasteiger partial charge in [-0.3, -0.25) is 0 Å². The number of methoxy groups -OCH3 is 1. The normalized spacial score (nSPS) is 11.9. The zero-order valence-electron chi connectivity index (χ0n) is 19.3. The topological polar surface area (TPSA) is 94.6 Å². The Balaban J connectivity index is 1.56. The molecule has 0 aliphatic carbocycles. The zero-order chi connectivity index (χ0) is 24.2. The lowest BCUT2D eigenvalue weighted by Gasteiger charge is -2.13. The molecule has 0 spiro atoms. The van der Waals surface area contributed by atoms with Crippen LogP contribution < -0.4 is 9.46 Å². The van der Waals surface area contributed by atoms with Crippen LogP contribution in [0.2, 0.25) is 0 Å². The minimum absolute atomic E-state index is 0.00394. The molecule has 0 unspecified atom stereocenters. The van der Waals surface area contributed by atoms with Crippen LogP contribution in [0.25, 0.3) is 11.3 Å². The molecule has 1 aromatic heterocycles. The van der Waals surface area contributed by atoms with Crippen LogP contribution in [-0.4, -0.2) is 39.6 Å². The number of esters is 1. The van der Waals surface area contributed by atoms with Crippen molar-refractivity contribution in [2.24, 2.45) is 0 Å². The van der Waals surface area contributed by atoms with Gasteiger partial charge in [0.1, 0.15) is 12.4 Å². The van der Waals surface area contributed by atoms with Gasteiger partial charge in [-0.05, 0) is 48.9 Å². The predicted octanol–water partition coefficient (Wildman–Crippen LogP) is 4.56. The van der Waals surface area contributed by atoms with Crippen molar-refractivity contribution in [3.63, 3.8) is 0 Å². The number of ether oxygens (including phenoxy) is 2. The number of hydrogen-bond donors (Lipinski definition) is 1. The molecule has 7 nitrogen and oxygen atoms in total. The molecular formula is C24H28N2O5S2. The second-order valence-electron chi connectivity index (χ2n) is 8.53. The van der Waals surface area contributed by atoms with E-state index >= 15 is 0 Å². The Morgan fingerprint density at radius 3 is 2.42 bits per heavy atom. The first kappa shape index (κ1) is 24.9. The monoisotopic (exact) mass is 488 g/mol. The minimum atomic E-state index is -3.79. The number of thiazole rings is 1. The van der Waals surface area contributed by atoms with E-state index < -0.39 is 16.0 Å². The summed E-state index contributed by atoms with van der Waals surface area (Å²) in [5.74, 6) is 0.0520. The molecular weight excluding hydrogens is 460 g/mol. The number of carbonyl (C=O) groups excluding carboxylic acids is 1. The molecule has 0 fully saturated rings. The van der Waals surface area contributed by atoms with E-state index in [9.17, 15) is 13.2 Å². The molecule has 0 aliphatic rings. The summed E-state index contributed by atoms with van der Waals surface area (Å²) >= 11 is 1.64. The highest BCUT2D eigenvalue weighted by atomic mass is 32.2. The third-order valence-electron chi connectivity index (χ3n) is 4.88. The van der Waals surface area contributed by atoms with Gasteiger partial charge in [0.05, 0.1) is 28.3 Å². The lowest BCUT2D eigenvalue weighted by atomic mass is 9.98. The van der Waals surface area contributed by atoms with Crippen LogP contribution in [-0.2, 0) is 20.2 Å². The van der Waals surface area contributed by atoms with Gasteiger partial charge >= 0.3 is 5.97 Å². The molecule has 1 heterocycles. The fourth-order valence-corrected chi connectivity index (χ4v) is 4.95. The van der Waals surface area contributed by atoms with Crippen molar-refractivity contribution in [1.29, 1.82) is 0 Å². The molecule has 0 atom stereocenters. The highest BCUT2D eigenvalue weighted by Gasteiger charge is 2.19. The standard InChI is InChI=1S/C24H28N2O5S2/c1-16-6-11-19(14-20(16)22(27)30-5)33(28,29)25-12-13-31-18-9-7-17(8-10-18)21-15-32-23(26-21)24(2,3)4/h6-11,14-15,25H,12-13H2,1-5H3. The zero-order valence-corrected chi connectivity index (χ0v) is 21.0. The van der Waals surface area contributed by atoms with Crippen LogP contribution >= 0.6 is 11.3 Å². The van der Waals surface area contributed by atoms with E-state index in [1.165, 1.54) is 19.2 Å². The van der Waals surface area contributed by atoms with Crippen LogP contribution in [0.1, 0.15) is 41.7 Å². The van der Waals surface area contributed by atoms with Crippen LogP contribution in [0.5, 0.6) is 5.75 Å². The third-order valence-corrected chi connectivity index (χ3v) is 7.61. The fraction of sp³-hybridized carbons (Fsp3) is 0.333. The van der Waals surface area contributed by atoms with Crippen LogP contribution in [0.15, 0.2) is 52.7 Å². The Labute approximate surface area is 198 Å². The van der Waals surface area contributed by atoms with E-state index in [2.05, 4.69) is 25.5 Å². The molecule has 0 saturated heterocycles. The van der Waals surface area contributed by atoms with Gasteiger partial charge in [-0.15, -0.1) is 11.3 Å². The van der Waals surface area contributed by atoms with E-state index in [4.69, 9.17) is 14.5 Å². The van der Waals surface area contributed by atoms with Gasteiger partial charge in [0.2, 0.25) is 10.0 Å². The molecule has 3 rings (SSSR count). The third kappa shape index (κ3) is 6.19. The van der Waals surface area contributed by atoms with Crippen LogP contribution in [0, 0.1) is 6.92 Å². The van der Waals surface area contributed by atoms with Gasteiger partial charge in [0.25, 0.3) is 0 Å². The number of rotatable bonds is 8. The van der Waals surface area contributed by atoms with Gasteiger partial charge in [0, 0.05) is 22.9 Å². The van der Waals surface area contributed by atoms with Crippen molar-refractivity contribution in [3.8, 4) is 17.0 Å². The van der Waals surface area contributed by atoms with Crippen molar-refractivity contribution >= 4 is 27.3 Å². The predicted molar refractivity (Wildman–Crippen MR) is 129 cm³/mol. The summed E-state index contributed by atoms with van der Waals surface area (Å²) < 4.78 is 38.0. The summed E-state index contributed by atoms with van der Waals surface area (Å²) in [5.41, 5.74) is 2.79. The number of benzene rings is 2. The number of aromatic nitrogens is 1. The van der Waals surface area contributed by atoms with Crippen molar-refractivity contribution in [2.45, 2.75) is 38.0 Å². The molecule has 0 bridgehead atoms. The van der Waals surface area contributed by atoms with Gasteiger partial charge in [-0.1, -0.05) is 26.8 Å². The number of nitrogens with one attached hydrogen (secondary N) is 1. The average molecular weight is 489 g/mol. The number of aryl methyl sites for hydroxylation is 1. The highest BCUT2D eigenvalue weighted by molar-refractivity contribution is 7.89. The molecule has 1 N–H and O–H groups in total. The quantitative estimate of drug-likeness (QED) is 0.369. The maximum absolute atomic E-state index is 12.6. The Kier molecular flexibility index (Phi) is 7.56. The van der Waals surface area contributed by atoms with Crippen molar-refractivity contribution < 1.29 is 22.7 Å². The van der Waals surface area contributed by atoms with E-state index in [1.807, 2.05) is 29.6 Å². The first-order chi connectivity index (χ1) is 15.5. The number of nitrogens with zero attached hydrogens (tertiary/aromatic N) is 1. The average Bonchev–Trinajstić information content (AvgIpc) is 3.28. The summed E-state index contributed by atoms with van der Waals surface area (Å²) in [4.78, 5) is 16.5. The fourth-order valence-electron chi connectivity index (χ4n) is 3.00. The molecule has 0 aliphatic heterocycles. The van der Waals surface area contributed by atoms with Gasteiger partial charge in [-0.2, -0.15) is 0 Å². The number of sulfonamides is 1. The maximum atomic E-state index is 12.6. The molecule has 3 aromatic rings. The largest absolute Gasteiger partial charge is 0.492 e. The summed E-state index contributed by atoms with van der Waals surface area (Å²) in [5, 5.41) is 3.12. The number of hydrogen-bond acceptors (Lipinski definition) is 7. The Bertz CT molecular complexity index is 1230. The van der Waals surface area contributed by atoms with Crippen LogP contribution in [0.4, 0.5) is 0 Å². The van der Waals surface area contributed by atoms with E-state index in [-0.39, 0.29) is 29.0 Å². The maximum Gasteiger partial charge on any atom is 0.338 e. The summed E-state index contributed by atoms with van der Waals surface area (Å²) in [6.45, 7) is 8.35. The molecule has 33 heavy (non-hydrogen) atoms. The van der Waals surface area contributed by atoms with Gasteiger partial charge in [-0.25, -0.2) is 22.9 Å². The minimum Gasteiger partial charge on any atom is -0.492 e. The Morgan fingerprint density at radius 2 is 1.82 bits per heavy atom. The molecule has 2 aromatic carbocycles. The smallest absolute Gasteiger partial charge is 0.338 e. The number of carbonyl (C=O) groups is 1. The van der Waals surface area contributed by atoms with E-state index in [0.717, 1.165) is 16.3 Å². The van der Waals surface area contributed by atoms with Gasteiger partial charge in [0.15, 0.2) is 0 Å².